The summed E-state index contributed by atoms with van der Waals surface area (Å²) in [5.41, 5.74) is -0.674. The van der Waals surface area contributed by atoms with Gasteiger partial charge in [-0.1, -0.05) is 12.1 Å². The predicted octanol–water partition coefficient (Wildman–Crippen LogP) is 3.88. The number of alkyl halides is 1. The first-order valence-electron chi connectivity index (χ1n) is 6.70. The van der Waals surface area contributed by atoms with Crippen molar-refractivity contribution in [2.45, 2.75) is 44.8 Å². The minimum atomic E-state index is -1.29. The molecule has 100 valence electrons. The van der Waals surface area contributed by atoms with Gasteiger partial charge in [0.05, 0.1) is 0 Å². The molecule has 0 radical (unpaired) electrons. The highest BCUT2D eigenvalue weighted by Crippen LogP contribution is 2.37. The van der Waals surface area contributed by atoms with Gasteiger partial charge in [-0.2, -0.15) is 0 Å². The van der Waals surface area contributed by atoms with E-state index in [1.165, 1.54) is 12.1 Å². The van der Waals surface area contributed by atoms with Crippen molar-refractivity contribution in [2.75, 3.05) is 13.1 Å². The molecule has 1 aromatic carbocycles. The molecule has 1 fully saturated rings. The smallest absolute Gasteiger partial charge is 0.137 e. The molecule has 1 aromatic rings. The van der Waals surface area contributed by atoms with Crippen molar-refractivity contribution in [3.8, 4) is 0 Å². The molecule has 0 spiro atoms. The number of halogens is 2. The van der Waals surface area contributed by atoms with Gasteiger partial charge in [-0.25, -0.2) is 8.78 Å². The van der Waals surface area contributed by atoms with E-state index in [0.717, 1.165) is 19.5 Å². The molecule has 1 nitrogen and oxygen atoms in total. The Morgan fingerprint density at radius 3 is 2.39 bits per heavy atom. The standard InChI is InChI=1S/C15H21F2N/c1-12(2)18-10-3-8-15(17,9-11-18)13-4-6-14(16)7-5-13/h4-7,12H,3,8-11H2,1-2H3. The number of hydrogen-bond donors (Lipinski definition) is 0. The van der Waals surface area contributed by atoms with E-state index in [1.807, 2.05) is 0 Å². The second-order valence-electron chi connectivity index (χ2n) is 5.46. The van der Waals surface area contributed by atoms with Gasteiger partial charge in [0.1, 0.15) is 11.5 Å². The minimum absolute atomic E-state index is 0.306. The van der Waals surface area contributed by atoms with Crippen molar-refractivity contribution in [3.63, 3.8) is 0 Å². The molecule has 0 saturated carbocycles. The lowest BCUT2D eigenvalue weighted by Gasteiger charge is -2.26. The second kappa shape index (κ2) is 5.35. The maximum absolute atomic E-state index is 15.0. The highest BCUT2D eigenvalue weighted by atomic mass is 19.1. The Kier molecular flexibility index (Phi) is 4.00. The Morgan fingerprint density at radius 1 is 1.11 bits per heavy atom. The lowest BCUT2D eigenvalue weighted by atomic mass is 9.89. The van der Waals surface area contributed by atoms with Crippen LogP contribution in [0.3, 0.4) is 0 Å². The zero-order valence-corrected chi connectivity index (χ0v) is 11.1. The summed E-state index contributed by atoms with van der Waals surface area (Å²) in [5, 5.41) is 0. The van der Waals surface area contributed by atoms with Crippen LogP contribution in [0.15, 0.2) is 24.3 Å². The van der Waals surface area contributed by atoms with Crippen LogP contribution < -0.4 is 0 Å². The first-order valence-corrected chi connectivity index (χ1v) is 6.70. The van der Waals surface area contributed by atoms with Crippen LogP contribution in [0.4, 0.5) is 8.78 Å². The van der Waals surface area contributed by atoms with Crippen molar-refractivity contribution in [2.24, 2.45) is 0 Å². The molecular weight excluding hydrogens is 232 g/mol. The van der Waals surface area contributed by atoms with Crippen molar-refractivity contribution in [1.82, 2.24) is 4.90 Å². The van der Waals surface area contributed by atoms with E-state index in [4.69, 9.17) is 0 Å². The summed E-state index contributed by atoms with van der Waals surface area (Å²) in [4.78, 5) is 2.31. The molecule has 0 aromatic heterocycles. The zero-order valence-electron chi connectivity index (χ0n) is 11.1. The fourth-order valence-electron chi connectivity index (χ4n) is 2.67. The van der Waals surface area contributed by atoms with Crippen LogP contribution in [0.1, 0.15) is 38.7 Å². The topological polar surface area (TPSA) is 3.24 Å². The first kappa shape index (κ1) is 13.5. The van der Waals surface area contributed by atoms with Crippen LogP contribution in [0.5, 0.6) is 0 Å². The first-order chi connectivity index (χ1) is 8.51. The van der Waals surface area contributed by atoms with Crippen molar-refractivity contribution in [1.29, 1.82) is 0 Å². The molecule has 3 heteroatoms. The quantitative estimate of drug-likeness (QED) is 0.773. The van der Waals surface area contributed by atoms with Gasteiger partial charge in [-0.05, 0) is 57.4 Å². The fraction of sp³-hybridized carbons (Fsp3) is 0.600. The maximum atomic E-state index is 15.0. The Morgan fingerprint density at radius 2 is 1.78 bits per heavy atom. The van der Waals surface area contributed by atoms with Gasteiger partial charge in [0.15, 0.2) is 0 Å². The van der Waals surface area contributed by atoms with E-state index < -0.39 is 5.67 Å². The lowest BCUT2D eigenvalue weighted by Crippen LogP contribution is -2.32. The number of rotatable bonds is 2. The summed E-state index contributed by atoms with van der Waals surface area (Å²) in [5.74, 6) is -0.306. The Labute approximate surface area is 108 Å². The third-order valence-electron chi connectivity index (χ3n) is 3.91. The van der Waals surface area contributed by atoms with E-state index in [1.54, 1.807) is 12.1 Å². The van der Waals surface area contributed by atoms with E-state index in [9.17, 15) is 8.78 Å². The largest absolute Gasteiger partial charge is 0.301 e. The molecule has 1 saturated heterocycles. The average Bonchev–Trinajstić information content (AvgIpc) is 2.53. The Bertz CT molecular complexity index is 388. The molecular formula is C15H21F2N. The molecule has 0 aliphatic carbocycles. The van der Waals surface area contributed by atoms with E-state index in [0.29, 0.717) is 24.4 Å². The molecule has 2 rings (SSSR count). The summed E-state index contributed by atoms with van der Waals surface area (Å²) in [6.45, 7) is 6.00. The van der Waals surface area contributed by atoms with Crippen LogP contribution in [-0.2, 0) is 5.67 Å². The van der Waals surface area contributed by atoms with Crippen LogP contribution in [-0.4, -0.2) is 24.0 Å². The summed E-state index contributed by atoms with van der Waals surface area (Å²) in [6.07, 6.45) is 1.88. The molecule has 1 atom stereocenters. The maximum Gasteiger partial charge on any atom is 0.137 e. The number of hydrogen-bond acceptors (Lipinski definition) is 1. The zero-order chi connectivity index (χ0) is 13.2. The highest BCUT2D eigenvalue weighted by molar-refractivity contribution is 5.23. The summed E-state index contributed by atoms with van der Waals surface area (Å²) >= 11 is 0. The normalized spacial score (nSPS) is 26.3. The number of benzene rings is 1. The molecule has 1 unspecified atom stereocenters. The molecule has 0 N–H and O–H groups in total. The average molecular weight is 253 g/mol. The summed E-state index contributed by atoms with van der Waals surface area (Å²) in [6, 6.07) is 6.32. The molecule has 1 aliphatic heterocycles. The summed E-state index contributed by atoms with van der Waals surface area (Å²) in [7, 11) is 0. The van der Waals surface area contributed by atoms with Crippen LogP contribution in [0.2, 0.25) is 0 Å². The number of nitrogens with zero attached hydrogens (tertiary/aromatic N) is 1. The molecule has 1 heterocycles. The van der Waals surface area contributed by atoms with E-state index in [-0.39, 0.29) is 5.82 Å². The van der Waals surface area contributed by atoms with Crippen LogP contribution in [0.25, 0.3) is 0 Å². The molecule has 1 aliphatic rings. The fourth-order valence-corrected chi connectivity index (χ4v) is 2.67. The van der Waals surface area contributed by atoms with Crippen LogP contribution in [0, 0.1) is 5.82 Å². The van der Waals surface area contributed by atoms with Crippen LogP contribution >= 0.6 is 0 Å². The van der Waals surface area contributed by atoms with Gasteiger partial charge in [0, 0.05) is 12.6 Å². The SMILES string of the molecule is CC(C)N1CCCC(F)(c2ccc(F)cc2)CC1. The van der Waals surface area contributed by atoms with Crippen molar-refractivity contribution in [3.05, 3.63) is 35.6 Å². The van der Waals surface area contributed by atoms with Crippen molar-refractivity contribution >= 4 is 0 Å². The third kappa shape index (κ3) is 2.89. The second-order valence-corrected chi connectivity index (χ2v) is 5.46. The molecule has 18 heavy (non-hydrogen) atoms. The lowest BCUT2D eigenvalue weighted by molar-refractivity contribution is 0.134. The monoisotopic (exact) mass is 253 g/mol. The van der Waals surface area contributed by atoms with Gasteiger partial charge in [0.2, 0.25) is 0 Å². The molecule has 0 amide bonds. The predicted molar refractivity (Wildman–Crippen MR) is 69.7 cm³/mol. The molecule has 0 bridgehead atoms. The van der Waals surface area contributed by atoms with E-state index in [2.05, 4.69) is 18.7 Å². The van der Waals surface area contributed by atoms with Gasteiger partial charge < -0.3 is 4.90 Å². The summed E-state index contributed by atoms with van der Waals surface area (Å²) < 4.78 is 27.9. The Hall–Kier alpha value is -0.960. The van der Waals surface area contributed by atoms with Gasteiger partial charge >= 0.3 is 0 Å². The number of likely N-dealkylation sites (tertiary alicyclic amines) is 1. The Balaban J connectivity index is 2.14. The third-order valence-corrected chi connectivity index (χ3v) is 3.91. The minimum Gasteiger partial charge on any atom is -0.301 e. The highest BCUT2D eigenvalue weighted by Gasteiger charge is 2.34. The van der Waals surface area contributed by atoms with Gasteiger partial charge in [-0.15, -0.1) is 0 Å². The van der Waals surface area contributed by atoms with E-state index >= 15 is 0 Å². The van der Waals surface area contributed by atoms with Gasteiger partial charge in [0.25, 0.3) is 0 Å². The van der Waals surface area contributed by atoms with Gasteiger partial charge in [-0.3, -0.25) is 0 Å². The van der Waals surface area contributed by atoms with Crippen molar-refractivity contribution < 1.29 is 8.78 Å².